The van der Waals surface area contributed by atoms with Crippen LogP contribution in [0.4, 0.5) is 0 Å². The monoisotopic (exact) mass is 237 g/mol. The van der Waals surface area contributed by atoms with Crippen LogP contribution in [-0.4, -0.2) is 39.1 Å². The van der Waals surface area contributed by atoms with Gasteiger partial charge in [0.25, 0.3) is 5.56 Å². The fourth-order valence-electron chi connectivity index (χ4n) is 1.65. The second kappa shape index (κ2) is 5.11. The topological polar surface area (TPSA) is 68.8 Å². The minimum absolute atomic E-state index is 0.00422. The molecule has 2 rings (SSSR count). The molecule has 0 aliphatic heterocycles. The van der Waals surface area contributed by atoms with Gasteiger partial charge in [0.15, 0.2) is 0 Å². The molecule has 0 aliphatic carbocycles. The smallest absolute Gasteiger partial charge is 0.276 e. The van der Waals surface area contributed by atoms with Crippen LogP contribution in [0.15, 0.2) is 23.3 Å². The lowest BCUT2D eigenvalue weighted by Gasteiger charge is -2.06. The molecule has 0 atom stereocenters. The summed E-state index contributed by atoms with van der Waals surface area (Å²) < 4.78 is 8.28. The van der Waals surface area contributed by atoms with E-state index in [-0.39, 0.29) is 12.2 Å². The average Bonchev–Trinajstić information content (AvgIpc) is 2.69. The Hall–Kier alpha value is -1.66. The molecule has 17 heavy (non-hydrogen) atoms. The van der Waals surface area contributed by atoms with Gasteiger partial charge in [-0.1, -0.05) is 0 Å². The second-order valence-corrected chi connectivity index (χ2v) is 3.75. The first-order valence-corrected chi connectivity index (χ1v) is 5.46. The maximum Gasteiger partial charge on any atom is 0.276 e. The van der Waals surface area contributed by atoms with Crippen molar-refractivity contribution in [1.82, 2.24) is 14.2 Å². The Balaban J connectivity index is 2.18. The van der Waals surface area contributed by atoms with Crippen LogP contribution in [0.25, 0.3) is 5.52 Å². The van der Waals surface area contributed by atoms with Crippen molar-refractivity contribution in [1.29, 1.82) is 0 Å². The van der Waals surface area contributed by atoms with E-state index in [1.165, 1.54) is 0 Å². The van der Waals surface area contributed by atoms with Crippen molar-refractivity contribution < 1.29 is 9.84 Å². The fraction of sp³-hybridized carbons (Fsp3) is 0.455. The third-order valence-electron chi connectivity index (χ3n) is 2.44. The normalized spacial score (nSPS) is 11.2. The maximum atomic E-state index is 12.0. The number of hydrogen-bond donors (Lipinski definition) is 1. The van der Waals surface area contributed by atoms with E-state index < -0.39 is 0 Å². The fourth-order valence-corrected chi connectivity index (χ4v) is 1.65. The molecule has 6 nitrogen and oxygen atoms in total. The van der Waals surface area contributed by atoms with Gasteiger partial charge in [-0.25, -0.2) is 4.52 Å². The second-order valence-electron chi connectivity index (χ2n) is 3.75. The van der Waals surface area contributed by atoms with Crippen molar-refractivity contribution in [3.63, 3.8) is 0 Å². The van der Waals surface area contributed by atoms with Crippen LogP contribution >= 0.6 is 0 Å². The third kappa shape index (κ3) is 2.54. The minimum atomic E-state index is -0.0827. The lowest BCUT2D eigenvalue weighted by atomic mass is 10.4. The Labute approximate surface area is 98.1 Å². The summed E-state index contributed by atoms with van der Waals surface area (Å²) in [6.07, 6.45) is 3.43. The number of aliphatic hydroxyl groups is 1. The highest BCUT2D eigenvalue weighted by Gasteiger charge is 2.04. The van der Waals surface area contributed by atoms with E-state index in [1.807, 2.05) is 6.92 Å². The van der Waals surface area contributed by atoms with Crippen LogP contribution in [0, 0.1) is 6.92 Å². The average molecular weight is 237 g/mol. The van der Waals surface area contributed by atoms with Gasteiger partial charge in [-0.2, -0.15) is 5.10 Å². The Morgan fingerprint density at radius 3 is 3.00 bits per heavy atom. The lowest BCUT2D eigenvalue weighted by Crippen LogP contribution is -2.23. The molecule has 6 heteroatoms. The van der Waals surface area contributed by atoms with Gasteiger partial charge in [0.2, 0.25) is 0 Å². The molecule has 2 heterocycles. The summed E-state index contributed by atoms with van der Waals surface area (Å²) in [7, 11) is 0. The zero-order valence-corrected chi connectivity index (χ0v) is 9.67. The van der Waals surface area contributed by atoms with E-state index in [1.54, 1.807) is 27.5 Å². The van der Waals surface area contributed by atoms with E-state index in [4.69, 9.17) is 9.84 Å². The van der Waals surface area contributed by atoms with Crippen LogP contribution in [0.5, 0.6) is 0 Å². The molecule has 0 bridgehead atoms. The molecule has 0 radical (unpaired) electrons. The number of nitrogens with zero attached hydrogens (tertiary/aromatic N) is 3. The van der Waals surface area contributed by atoms with Crippen molar-refractivity contribution in [3.05, 3.63) is 34.5 Å². The number of ether oxygens (including phenoxy) is 1. The molecular weight excluding hydrogens is 222 g/mol. The largest absolute Gasteiger partial charge is 0.394 e. The number of hydrogen-bond acceptors (Lipinski definition) is 4. The minimum Gasteiger partial charge on any atom is -0.394 e. The molecule has 2 aromatic rings. The summed E-state index contributed by atoms with van der Waals surface area (Å²) >= 11 is 0. The van der Waals surface area contributed by atoms with Crippen molar-refractivity contribution in [2.75, 3.05) is 19.8 Å². The van der Waals surface area contributed by atoms with Crippen LogP contribution in [0.2, 0.25) is 0 Å². The lowest BCUT2D eigenvalue weighted by molar-refractivity contribution is 0.0865. The molecule has 0 aromatic carbocycles. The Morgan fingerprint density at radius 1 is 1.41 bits per heavy atom. The maximum absolute atomic E-state index is 12.0. The summed E-state index contributed by atoms with van der Waals surface area (Å²) in [5, 5.41) is 12.7. The van der Waals surface area contributed by atoms with Gasteiger partial charge >= 0.3 is 0 Å². The highest BCUT2D eigenvalue weighted by molar-refractivity contribution is 5.44. The standard InChI is InChI=1S/C11H15N3O3/c1-9-8-10-11(16)13(2-3-14(10)12-9)4-6-17-7-5-15/h2-3,8,15H,4-7H2,1H3. The van der Waals surface area contributed by atoms with E-state index in [2.05, 4.69) is 5.10 Å². The van der Waals surface area contributed by atoms with Crippen LogP contribution in [0.1, 0.15) is 5.69 Å². The van der Waals surface area contributed by atoms with Crippen LogP contribution in [-0.2, 0) is 11.3 Å². The summed E-state index contributed by atoms with van der Waals surface area (Å²) in [4.78, 5) is 12.0. The van der Waals surface area contributed by atoms with Gasteiger partial charge < -0.3 is 14.4 Å². The molecular formula is C11H15N3O3. The Kier molecular flexibility index (Phi) is 3.55. The Bertz CT molecular complexity index is 559. The van der Waals surface area contributed by atoms with Gasteiger partial charge in [-0.15, -0.1) is 0 Å². The number of aryl methyl sites for hydroxylation is 1. The summed E-state index contributed by atoms with van der Waals surface area (Å²) in [5.41, 5.74) is 1.30. The van der Waals surface area contributed by atoms with Gasteiger partial charge in [-0.3, -0.25) is 4.79 Å². The molecule has 0 spiro atoms. The summed E-state index contributed by atoms with van der Waals surface area (Å²) in [5.74, 6) is 0. The summed E-state index contributed by atoms with van der Waals surface area (Å²) in [6, 6.07) is 1.76. The Morgan fingerprint density at radius 2 is 2.24 bits per heavy atom. The summed E-state index contributed by atoms with van der Waals surface area (Å²) in [6.45, 7) is 3.02. The van der Waals surface area contributed by atoms with E-state index >= 15 is 0 Å². The molecule has 0 amide bonds. The highest BCUT2D eigenvalue weighted by Crippen LogP contribution is 1.99. The first kappa shape index (κ1) is 11.8. The van der Waals surface area contributed by atoms with Gasteiger partial charge in [0, 0.05) is 18.9 Å². The zero-order chi connectivity index (χ0) is 12.3. The van der Waals surface area contributed by atoms with Gasteiger partial charge in [-0.05, 0) is 13.0 Å². The van der Waals surface area contributed by atoms with E-state index in [0.717, 1.165) is 5.69 Å². The SMILES string of the molecule is Cc1cc2c(=O)n(CCOCCO)ccn2n1. The molecule has 2 aromatic heterocycles. The first-order valence-electron chi connectivity index (χ1n) is 5.46. The number of rotatable bonds is 5. The molecule has 92 valence electrons. The predicted octanol–water partition coefficient (Wildman–Crippen LogP) is -0.187. The molecule has 0 fully saturated rings. The molecule has 0 saturated carbocycles. The third-order valence-corrected chi connectivity index (χ3v) is 2.44. The van der Waals surface area contributed by atoms with Crippen LogP contribution < -0.4 is 5.56 Å². The highest BCUT2D eigenvalue weighted by atomic mass is 16.5. The quantitative estimate of drug-likeness (QED) is 0.732. The van der Waals surface area contributed by atoms with Crippen LogP contribution in [0.3, 0.4) is 0 Å². The van der Waals surface area contributed by atoms with Gasteiger partial charge in [0.1, 0.15) is 5.52 Å². The van der Waals surface area contributed by atoms with E-state index in [0.29, 0.717) is 25.3 Å². The zero-order valence-electron chi connectivity index (χ0n) is 9.67. The number of aliphatic hydroxyl groups excluding tert-OH is 1. The first-order chi connectivity index (χ1) is 8.22. The molecule has 0 aliphatic rings. The van der Waals surface area contributed by atoms with Crippen molar-refractivity contribution >= 4 is 5.52 Å². The molecule has 0 saturated heterocycles. The van der Waals surface area contributed by atoms with Crippen molar-refractivity contribution in [2.24, 2.45) is 0 Å². The van der Waals surface area contributed by atoms with E-state index in [9.17, 15) is 4.79 Å². The van der Waals surface area contributed by atoms with Crippen molar-refractivity contribution in [3.8, 4) is 0 Å². The molecule has 0 unspecified atom stereocenters. The number of aromatic nitrogens is 3. The van der Waals surface area contributed by atoms with Crippen molar-refractivity contribution in [2.45, 2.75) is 13.5 Å². The predicted molar refractivity (Wildman–Crippen MR) is 62.1 cm³/mol. The number of fused-ring (bicyclic) bond motifs is 1. The molecule has 1 N–H and O–H groups in total. The van der Waals surface area contributed by atoms with Gasteiger partial charge in [0.05, 0.1) is 25.5 Å².